The molecule has 2 aromatic carbocycles. The van der Waals surface area contributed by atoms with E-state index < -0.39 is 23.2 Å². The molecular weight excluding hydrogens is 650 g/mol. The summed E-state index contributed by atoms with van der Waals surface area (Å²) in [5.41, 5.74) is 2.97. The Kier molecular flexibility index (Phi) is 12.2. The van der Waals surface area contributed by atoms with Crippen molar-refractivity contribution in [2.24, 2.45) is 5.92 Å². The van der Waals surface area contributed by atoms with Crippen LogP contribution in [0.1, 0.15) is 189 Å². The van der Waals surface area contributed by atoms with Crippen molar-refractivity contribution < 1.29 is 29.6 Å². The van der Waals surface area contributed by atoms with E-state index in [4.69, 9.17) is 4.74 Å². The predicted octanol–water partition coefficient (Wildman–Crippen LogP) is 10.8. The molecule has 0 radical (unpaired) electrons. The first-order valence-corrected chi connectivity index (χ1v) is 19.3. The summed E-state index contributed by atoms with van der Waals surface area (Å²) in [4.78, 5) is 28.1. The molecule has 3 N–H and O–H groups in total. The highest BCUT2D eigenvalue weighted by Crippen LogP contribution is 2.51. The van der Waals surface area contributed by atoms with Gasteiger partial charge in [-0.15, -0.1) is 0 Å². The van der Waals surface area contributed by atoms with Gasteiger partial charge in [0.25, 0.3) is 0 Å². The number of piperidine rings is 1. The van der Waals surface area contributed by atoms with Gasteiger partial charge in [-0.1, -0.05) is 102 Å². The van der Waals surface area contributed by atoms with Gasteiger partial charge in [-0.3, -0.25) is 14.5 Å². The highest BCUT2D eigenvalue weighted by Gasteiger charge is 2.49. The number of carbonyl (C=O) groups is 2. The Morgan fingerprint density at radius 2 is 1.06 bits per heavy atom. The molecule has 2 atom stereocenters. The zero-order valence-electron chi connectivity index (χ0n) is 35.6. The van der Waals surface area contributed by atoms with Crippen LogP contribution in [0.4, 0.5) is 0 Å². The second-order valence-electron chi connectivity index (χ2n) is 20.9. The molecule has 0 aromatic heterocycles. The maximum absolute atomic E-state index is 13.0. The normalized spacial score (nSPS) is 18.6. The topological polar surface area (TPSA) is 107 Å². The highest BCUT2D eigenvalue weighted by atomic mass is 16.5. The van der Waals surface area contributed by atoms with Crippen molar-refractivity contribution >= 4 is 11.9 Å². The minimum Gasteiger partial charge on any atom is -0.507 e. The second-order valence-corrected chi connectivity index (χ2v) is 20.9. The Bertz CT molecular complexity index is 1530. The first kappa shape index (κ1) is 43.3. The van der Waals surface area contributed by atoms with E-state index in [1.165, 1.54) is 0 Å². The monoisotopic (exact) mass is 722 g/mol. The van der Waals surface area contributed by atoms with Crippen molar-refractivity contribution in [1.82, 2.24) is 4.90 Å². The number of likely N-dealkylation sites (tertiary alicyclic amines) is 1. The number of nitrogens with zero attached hydrogens (tertiary/aromatic N) is 1. The molecule has 1 saturated heterocycles. The molecule has 292 valence electrons. The van der Waals surface area contributed by atoms with Gasteiger partial charge in [-0.05, 0) is 120 Å². The first-order chi connectivity index (χ1) is 23.3. The van der Waals surface area contributed by atoms with Gasteiger partial charge >= 0.3 is 11.9 Å². The average Bonchev–Trinajstić information content (AvgIpc) is 2.94. The number of carbonyl (C=O) groups excluding carboxylic acids is 1. The third kappa shape index (κ3) is 9.72. The van der Waals surface area contributed by atoms with Crippen LogP contribution in [0.25, 0.3) is 0 Å². The number of hydrogen-bond donors (Lipinski definition) is 3. The van der Waals surface area contributed by atoms with E-state index in [2.05, 4.69) is 128 Å². The number of hydrogen-bond acceptors (Lipinski definition) is 6. The molecule has 0 amide bonds. The van der Waals surface area contributed by atoms with Crippen LogP contribution in [-0.2, 0) is 36.0 Å². The van der Waals surface area contributed by atoms with Crippen molar-refractivity contribution in [3.8, 4) is 11.5 Å². The van der Waals surface area contributed by atoms with Crippen LogP contribution in [-0.4, -0.2) is 49.8 Å². The lowest BCUT2D eigenvalue weighted by Crippen LogP contribution is -2.62. The molecule has 52 heavy (non-hydrogen) atoms. The summed E-state index contributed by atoms with van der Waals surface area (Å²) in [6, 6.07) is 8.13. The molecular formula is C45H71NO6. The smallest absolute Gasteiger partial charge is 0.306 e. The molecule has 7 nitrogen and oxygen atoms in total. The van der Waals surface area contributed by atoms with E-state index >= 15 is 0 Å². The standard InChI is InChI=1S/C45H71NO6/c1-18-37(49)52-35(28-21-33(42(8,9)10)39(51)34(22-28)43(11,12)13)26-46-44(14,15)24-29(25-45(46,16)17)30(23-36(47)48)27-19-31(40(2,3)4)38(50)32(20-27)41(5,6)7/h19-22,29-30,35,50-51H,18,23-26H2,1-17H3,(H,47,48). The zero-order chi connectivity index (χ0) is 40.2. The molecule has 3 rings (SSSR count). The molecule has 1 aliphatic rings. The maximum Gasteiger partial charge on any atom is 0.306 e. The molecule has 0 saturated carbocycles. The molecule has 1 heterocycles. The number of benzene rings is 2. The SMILES string of the molecule is CCC(=O)OC(CN1C(C)(C)CC(C(CC(=O)O)c2cc(C(C)(C)C)c(O)c(C(C)(C)C)c2)CC1(C)C)c1cc(C(C)(C)C)c(O)c(C(C)(C)C)c1. The van der Waals surface area contributed by atoms with Gasteiger partial charge in [0.05, 0.1) is 6.42 Å². The number of aliphatic carboxylic acids is 1. The quantitative estimate of drug-likeness (QED) is 0.221. The van der Waals surface area contributed by atoms with Crippen LogP contribution in [0.5, 0.6) is 11.5 Å². The van der Waals surface area contributed by atoms with Crippen molar-refractivity contribution in [3.63, 3.8) is 0 Å². The van der Waals surface area contributed by atoms with E-state index in [1.807, 2.05) is 12.1 Å². The minimum atomic E-state index is -0.839. The van der Waals surface area contributed by atoms with Gasteiger partial charge in [-0.2, -0.15) is 0 Å². The fourth-order valence-corrected chi connectivity index (χ4v) is 8.54. The number of ether oxygens (including phenoxy) is 1. The van der Waals surface area contributed by atoms with Crippen LogP contribution in [0, 0.1) is 5.92 Å². The number of carboxylic acid groups (broad SMARTS) is 1. The van der Waals surface area contributed by atoms with Gasteiger partial charge in [0, 0.05) is 24.0 Å². The number of esters is 1. The lowest BCUT2D eigenvalue weighted by molar-refractivity contribution is -0.154. The van der Waals surface area contributed by atoms with Gasteiger partial charge in [-0.25, -0.2) is 0 Å². The van der Waals surface area contributed by atoms with E-state index in [0.717, 1.165) is 46.2 Å². The van der Waals surface area contributed by atoms with E-state index in [-0.39, 0.29) is 58.1 Å². The highest BCUT2D eigenvalue weighted by molar-refractivity contribution is 5.69. The Morgan fingerprint density at radius 3 is 1.37 bits per heavy atom. The summed E-state index contributed by atoms with van der Waals surface area (Å²) in [5.74, 6) is -0.776. The lowest BCUT2D eigenvalue weighted by Gasteiger charge is -2.57. The summed E-state index contributed by atoms with van der Waals surface area (Å²) in [6.45, 7) is 36.1. The molecule has 2 unspecified atom stereocenters. The largest absolute Gasteiger partial charge is 0.507 e. The molecule has 2 aromatic rings. The summed E-state index contributed by atoms with van der Waals surface area (Å²) in [5, 5.41) is 33.3. The van der Waals surface area contributed by atoms with Crippen LogP contribution < -0.4 is 0 Å². The van der Waals surface area contributed by atoms with E-state index in [1.54, 1.807) is 6.92 Å². The number of phenolic OH excluding ortho intramolecular Hbond substituents is 2. The summed E-state index contributed by atoms with van der Waals surface area (Å²) >= 11 is 0. The molecule has 0 spiro atoms. The first-order valence-electron chi connectivity index (χ1n) is 19.3. The summed E-state index contributed by atoms with van der Waals surface area (Å²) in [6.07, 6.45) is 1.12. The molecule has 0 aliphatic carbocycles. The third-order valence-corrected chi connectivity index (χ3v) is 11.2. The molecule has 1 fully saturated rings. The lowest BCUT2D eigenvalue weighted by atomic mass is 9.65. The van der Waals surface area contributed by atoms with Gasteiger partial charge in [0.15, 0.2) is 0 Å². The molecule has 0 bridgehead atoms. The van der Waals surface area contributed by atoms with E-state index in [9.17, 15) is 24.9 Å². The predicted molar refractivity (Wildman–Crippen MR) is 213 cm³/mol. The Balaban J connectivity index is 2.18. The second kappa shape index (κ2) is 14.6. The van der Waals surface area contributed by atoms with Crippen LogP contribution in [0.2, 0.25) is 0 Å². The zero-order valence-corrected chi connectivity index (χ0v) is 35.6. The summed E-state index contributed by atoms with van der Waals surface area (Å²) < 4.78 is 6.28. The minimum absolute atomic E-state index is 0.00975. The average molecular weight is 722 g/mol. The van der Waals surface area contributed by atoms with Crippen molar-refractivity contribution in [2.45, 2.75) is 188 Å². The van der Waals surface area contributed by atoms with E-state index in [0.29, 0.717) is 12.3 Å². The molecule has 1 aliphatic heterocycles. The Labute approximate surface area is 315 Å². The van der Waals surface area contributed by atoms with Crippen LogP contribution >= 0.6 is 0 Å². The van der Waals surface area contributed by atoms with Crippen molar-refractivity contribution in [2.75, 3.05) is 6.54 Å². The number of carboxylic acids is 1. The number of rotatable bonds is 9. The van der Waals surface area contributed by atoms with Crippen molar-refractivity contribution in [1.29, 1.82) is 0 Å². The fraction of sp³-hybridized carbons (Fsp3) is 0.689. The Morgan fingerprint density at radius 1 is 0.712 bits per heavy atom. The van der Waals surface area contributed by atoms with Crippen LogP contribution in [0.15, 0.2) is 24.3 Å². The number of aromatic hydroxyl groups is 2. The van der Waals surface area contributed by atoms with Crippen LogP contribution in [0.3, 0.4) is 0 Å². The van der Waals surface area contributed by atoms with Gasteiger partial charge < -0.3 is 20.1 Å². The van der Waals surface area contributed by atoms with Gasteiger partial charge in [0.2, 0.25) is 0 Å². The molecule has 7 heteroatoms. The van der Waals surface area contributed by atoms with Gasteiger partial charge in [0.1, 0.15) is 17.6 Å². The third-order valence-electron chi connectivity index (χ3n) is 11.2. The fourth-order valence-electron chi connectivity index (χ4n) is 8.54. The number of phenols is 2. The summed E-state index contributed by atoms with van der Waals surface area (Å²) in [7, 11) is 0. The maximum atomic E-state index is 13.0. The Hall–Kier alpha value is -3.06. The van der Waals surface area contributed by atoms with Crippen molar-refractivity contribution in [3.05, 3.63) is 57.6 Å².